The van der Waals surface area contributed by atoms with Gasteiger partial charge in [0.2, 0.25) is 0 Å². The van der Waals surface area contributed by atoms with Crippen molar-refractivity contribution in [2.24, 2.45) is 0 Å². The van der Waals surface area contributed by atoms with Gasteiger partial charge in [-0.1, -0.05) is 12.1 Å². The van der Waals surface area contributed by atoms with Gasteiger partial charge < -0.3 is 15.7 Å². The molecule has 0 spiro atoms. The Hall–Kier alpha value is -3.45. The summed E-state index contributed by atoms with van der Waals surface area (Å²) in [5.41, 5.74) is 3.24. The molecule has 3 heterocycles. The molecule has 0 bridgehead atoms. The molecule has 1 saturated heterocycles. The van der Waals surface area contributed by atoms with Crippen molar-refractivity contribution in [3.8, 4) is 28.4 Å². The molecule has 0 saturated carbocycles. The van der Waals surface area contributed by atoms with Crippen molar-refractivity contribution in [2.45, 2.75) is 12.5 Å². The van der Waals surface area contributed by atoms with E-state index in [2.05, 4.69) is 20.8 Å². The highest BCUT2D eigenvalue weighted by Gasteiger charge is 2.20. The van der Waals surface area contributed by atoms with Crippen molar-refractivity contribution in [2.75, 3.05) is 18.4 Å². The summed E-state index contributed by atoms with van der Waals surface area (Å²) in [6.45, 7) is 2.16. The molecule has 1 fully saturated rings. The summed E-state index contributed by atoms with van der Waals surface area (Å²) in [5.74, 6) is 1.47. The number of aromatic amines is 1. The molecule has 28 heavy (non-hydrogen) atoms. The predicted molar refractivity (Wildman–Crippen MR) is 108 cm³/mol. The highest BCUT2D eigenvalue weighted by Crippen LogP contribution is 2.33. The zero-order chi connectivity index (χ0) is 18.9. The molecule has 0 radical (unpaired) electrons. The number of nitrogens with two attached hydrogens (primary N) is 1. The third kappa shape index (κ3) is 3.05. The third-order valence-corrected chi connectivity index (χ3v) is 5.16. The van der Waals surface area contributed by atoms with Gasteiger partial charge in [-0.3, -0.25) is 5.10 Å². The Morgan fingerprint density at radius 1 is 1.11 bits per heavy atom. The van der Waals surface area contributed by atoms with Crippen molar-refractivity contribution in [3.63, 3.8) is 0 Å². The minimum Gasteiger partial charge on any atom is -0.507 e. The second kappa shape index (κ2) is 6.94. The summed E-state index contributed by atoms with van der Waals surface area (Å²) < 4.78 is 0. The van der Waals surface area contributed by atoms with Gasteiger partial charge >= 0.3 is 0 Å². The van der Waals surface area contributed by atoms with Crippen LogP contribution in [0.3, 0.4) is 0 Å². The van der Waals surface area contributed by atoms with Crippen LogP contribution in [0.4, 0.5) is 5.82 Å². The van der Waals surface area contributed by atoms with Crippen molar-refractivity contribution in [1.29, 1.82) is 0 Å². The highest BCUT2D eigenvalue weighted by atomic mass is 16.3. The van der Waals surface area contributed by atoms with Crippen molar-refractivity contribution >= 4 is 16.7 Å². The van der Waals surface area contributed by atoms with E-state index >= 15 is 0 Å². The van der Waals surface area contributed by atoms with Gasteiger partial charge in [-0.2, -0.15) is 5.10 Å². The first-order valence-corrected chi connectivity index (χ1v) is 9.46. The lowest BCUT2D eigenvalue weighted by atomic mass is 10.1. The second-order valence-electron chi connectivity index (χ2n) is 7.06. The van der Waals surface area contributed by atoms with Crippen LogP contribution in [-0.2, 0) is 0 Å². The van der Waals surface area contributed by atoms with Gasteiger partial charge in [0.1, 0.15) is 11.6 Å². The number of fused-ring (bicyclic) bond motifs is 1. The Labute approximate surface area is 161 Å². The zero-order valence-corrected chi connectivity index (χ0v) is 15.3. The summed E-state index contributed by atoms with van der Waals surface area (Å²) in [4.78, 5) is 9.52. The number of nitrogens with zero attached hydrogens (tertiary/aromatic N) is 3. The molecule has 0 aliphatic carbocycles. The molecule has 5 rings (SSSR count). The van der Waals surface area contributed by atoms with E-state index in [1.54, 1.807) is 12.3 Å². The van der Waals surface area contributed by atoms with Crippen LogP contribution in [0.15, 0.2) is 54.7 Å². The quantitative estimate of drug-likeness (QED) is 0.439. The molecule has 2 aromatic carbocycles. The van der Waals surface area contributed by atoms with Gasteiger partial charge in [-0.25, -0.2) is 9.97 Å². The Morgan fingerprint density at radius 3 is 2.86 bits per heavy atom. The van der Waals surface area contributed by atoms with Crippen LogP contribution in [0.25, 0.3) is 33.5 Å². The molecule has 7 heteroatoms. The van der Waals surface area contributed by atoms with E-state index < -0.39 is 0 Å². The van der Waals surface area contributed by atoms with Crippen LogP contribution in [0.5, 0.6) is 5.75 Å². The lowest BCUT2D eigenvalue weighted by Gasteiger charge is -2.14. The Morgan fingerprint density at radius 2 is 2.04 bits per heavy atom. The van der Waals surface area contributed by atoms with Gasteiger partial charge in [-0.05, 0) is 36.4 Å². The number of hydrogen-bond acceptors (Lipinski definition) is 5. The SMILES string of the molecule is Oc1ccc(-c2ccn[nH]2)cc1-c1nc(N[C@H]2CC[NH2+]C2)c2ccccc2n1. The monoisotopic (exact) mass is 373 g/mol. The first-order valence-electron chi connectivity index (χ1n) is 9.46. The lowest BCUT2D eigenvalue weighted by Crippen LogP contribution is -2.81. The normalized spacial score (nSPS) is 16.5. The maximum absolute atomic E-state index is 10.5. The zero-order valence-electron chi connectivity index (χ0n) is 15.3. The molecule has 0 unspecified atom stereocenters. The molecule has 1 atom stereocenters. The van der Waals surface area contributed by atoms with E-state index in [-0.39, 0.29) is 5.75 Å². The maximum atomic E-state index is 10.5. The summed E-state index contributed by atoms with van der Waals surface area (Å²) in [6, 6.07) is 15.6. The topological polar surface area (TPSA) is 103 Å². The molecule has 140 valence electrons. The van der Waals surface area contributed by atoms with Gasteiger partial charge in [-0.15, -0.1) is 0 Å². The first kappa shape index (κ1) is 16.7. The van der Waals surface area contributed by atoms with Crippen LogP contribution in [0, 0.1) is 0 Å². The predicted octanol–water partition coefficient (Wildman–Crippen LogP) is 2.14. The number of aromatic hydroxyl groups is 1. The van der Waals surface area contributed by atoms with Gasteiger partial charge in [0, 0.05) is 23.6 Å². The summed E-state index contributed by atoms with van der Waals surface area (Å²) >= 11 is 0. The van der Waals surface area contributed by atoms with E-state index in [1.807, 2.05) is 42.5 Å². The van der Waals surface area contributed by atoms with Crippen LogP contribution in [0.1, 0.15) is 6.42 Å². The van der Waals surface area contributed by atoms with Crippen LogP contribution in [0.2, 0.25) is 0 Å². The average Bonchev–Trinajstić information content (AvgIpc) is 3.42. The number of H-pyrrole nitrogens is 1. The number of para-hydroxylation sites is 1. The molecule has 1 aliphatic heterocycles. The molecule has 2 aromatic heterocycles. The number of nitrogens with one attached hydrogen (secondary N) is 2. The van der Waals surface area contributed by atoms with E-state index in [0.29, 0.717) is 17.4 Å². The van der Waals surface area contributed by atoms with Crippen LogP contribution < -0.4 is 10.6 Å². The van der Waals surface area contributed by atoms with Gasteiger partial charge in [0.15, 0.2) is 5.82 Å². The van der Waals surface area contributed by atoms with Crippen molar-refractivity contribution in [1.82, 2.24) is 20.2 Å². The third-order valence-electron chi connectivity index (χ3n) is 5.16. The molecule has 5 N–H and O–H groups in total. The molecular weight excluding hydrogens is 352 g/mol. The molecular formula is C21H21N6O+. The number of hydrogen-bond donors (Lipinski definition) is 4. The van der Waals surface area contributed by atoms with Crippen molar-refractivity contribution in [3.05, 3.63) is 54.7 Å². The number of benzene rings is 2. The Balaban J connectivity index is 1.63. The average molecular weight is 373 g/mol. The van der Waals surface area contributed by atoms with Crippen LogP contribution >= 0.6 is 0 Å². The highest BCUT2D eigenvalue weighted by molar-refractivity contribution is 5.91. The summed E-state index contributed by atoms with van der Waals surface area (Å²) in [7, 11) is 0. The fourth-order valence-corrected chi connectivity index (χ4v) is 3.69. The van der Waals surface area contributed by atoms with E-state index in [4.69, 9.17) is 9.97 Å². The number of phenolic OH excluding ortho intramolecular Hbond substituents is 1. The van der Waals surface area contributed by atoms with Gasteiger partial charge in [0.05, 0.1) is 35.9 Å². The number of quaternary nitrogens is 1. The number of rotatable bonds is 4. The standard InChI is InChI=1S/C21H20N6O/c28-19-6-5-13(17-8-10-23-27-17)11-16(19)21-25-18-4-2-1-3-15(18)20(26-21)24-14-7-9-22-12-14/h1-6,8,10-11,14,22,28H,7,9,12H2,(H,23,27)(H,24,25,26)/p+1/t14-/m0/s1. The van der Waals surface area contributed by atoms with Gasteiger partial charge in [0.25, 0.3) is 0 Å². The fourth-order valence-electron chi connectivity index (χ4n) is 3.69. The molecule has 4 aromatic rings. The second-order valence-corrected chi connectivity index (χ2v) is 7.06. The molecule has 1 aliphatic rings. The van der Waals surface area contributed by atoms with E-state index in [1.165, 1.54) is 0 Å². The minimum atomic E-state index is 0.152. The maximum Gasteiger partial charge on any atom is 0.165 e. The van der Waals surface area contributed by atoms with Crippen molar-refractivity contribution < 1.29 is 10.4 Å². The number of anilines is 1. The number of phenols is 1. The Bertz CT molecular complexity index is 1120. The van der Waals surface area contributed by atoms with Crippen LogP contribution in [-0.4, -0.2) is 44.4 Å². The molecule has 0 amide bonds. The summed E-state index contributed by atoms with van der Waals surface area (Å²) in [5, 5.41) is 24.3. The Kier molecular flexibility index (Phi) is 4.14. The largest absolute Gasteiger partial charge is 0.507 e. The number of aromatic nitrogens is 4. The van der Waals surface area contributed by atoms with E-state index in [0.717, 1.165) is 47.5 Å². The first-order chi connectivity index (χ1) is 13.8. The van der Waals surface area contributed by atoms with E-state index in [9.17, 15) is 5.11 Å². The smallest absolute Gasteiger partial charge is 0.165 e. The molecule has 7 nitrogen and oxygen atoms in total. The summed E-state index contributed by atoms with van der Waals surface area (Å²) in [6.07, 6.45) is 2.81. The lowest BCUT2D eigenvalue weighted by molar-refractivity contribution is -0.636. The fraction of sp³-hybridized carbons (Fsp3) is 0.190. The minimum absolute atomic E-state index is 0.152.